The van der Waals surface area contributed by atoms with E-state index in [1.807, 2.05) is 0 Å². The van der Waals surface area contributed by atoms with Gasteiger partial charge in [0.15, 0.2) is 6.29 Å². The Hall–Kier alpha value is -1.93. The molecule has 1 aliphatic rings. The van der Waals surface area contributed by atoms with Gasteiger partial charge in [0.2, 0.25) is 5.91 Å². The molecule has 482 valence electrons. The van der Waals surface area contributed by atoms with Crippen molar-refractivity contribution in [3.63, 3.8) is 0 Å². The number of ether oxygens (including phenoxy) is 2. The average molecular weight is 1160 g/mol. The van der Waals surface area contributed by atoms with Gasteiger partial charge in [-0.3, -0.25) is 4.79 Å². The van der Waals surface area contributed by atoms with Crippen molar-refractivity contribution in [2.24, 2.45) is 0 Å². The summed E-state index contributed by atoms with van der Waals surface area (Å²) in [5, 5.41) is 76.3. The molecule has 0 aromatic rings. The largest absolute Gasteiger partial charge is 0.394 e. The van der Waals surface area contributed by atoms with Crippen LogP contribution in [0.4, 0.5) is 0 Å². The van der Waals surface area contributed by atoms with Crippen molar-refractivity contribution >= 4 is 5.91 Å². The molecule has 8 N–H and O–H groups in total. The van der Waals surface area contributed by atoms with Gasteiger partial charge in [-0.1, -0.05) is 287 Å². The zero-order valence-corrected chi connectivity index (χ0v) is 53.2. The van der Waals surface area contributed by atoms with E-state index in [4.69, 9.17) is 9.47 Å². The topological polar surface area (TPSA) is 189 Å². The standard InChI is InChI=1S/C71H133NO10/c1-3-5-7-9-11-13-15-17-19-21-22-23-24-25-26-27-28-29-30-31-32-33-34-35-36-37-38-39-40-41-43-45-47-49-51-53-55-57-59-64(75)70(80)72-62(61-81-71-69(79)68(78)67(77)65(60-73)82-71)66(76)63(74)58-56-54-52-50-48-46-44-42-20-18-16-14-12-10-8-6-4-2/h14,16,31-32,42,44,50,52,62-69,71,73-79H,3-13,15,17-30,33-41,43,45-49,51,53-61H2,1-2H3,(H,72,80)/b16-14+,32-31-,44-42+,52-50+. The van der Waals surface area contributed by atoms with Crippen LogP contribution in [0.1, 0.15) is 328 Å². The highest BCUT2D eigenvalue weighted by molar-refractivity contribution is 5.80. The predicted molar refractivity (Wildman–Crippen MR) is 344 cm³/mol. The van der Waals surface area contributed by atoms with Gasteiger partial charge in [-0.15, -0.1) is 0 Å². The number of hydrogen-bond donors (Lipinski definition) is 8. The highest BCUT2D eigenvalue weighted by Gasteiger charge is 2.44. The van der Waals surface area contributed by atoms with E-state index in [1.165, 1.54) is 238 Å². The van der Waals surface area contributed by atoms with Crippen molar-refractivity contribution in [3.8, 4) is 0 Å². The maximum absolute atomic E-state index is 13.2. The number of aliphatic hydroxyl groups is 7. The summed E-state index contributed by atoms with van der Waals surface area (Å²) < 4.78 is 11.1. The minimum atomic E-state index is -1.67. The van der Waals surface area contributed by atoms with Gasteiger partial charge in [-0.25, -0.2) is 0 Å². The highest BCUT2D eigenvalue weighted by Crippen LogP contribution is 2.24. The number of unbranched alkanes of at least 4 members (excludes halogenated alkanes) is 41. The van der Waals surface area contributed by atoms with Gasteiger partial charge in [0, 0.05) is 0 Å². The molecular weight excluding hydrogens is 1030 g/mol. The Balaban J connectivity index is 2.14. The summed E-state index contributed by atoms with van der Waals surface area (Å²) in [6, 6.07) is -1.20. The summed E-state index contributed by atoms with van der Waals surface area (Å²) in [5.41, 5.74) is 0. The molecule has 9 unspecified atom stereocenters. The Morgan fingerprint density at radius 1 is 0.415 bits per heavy atom. The second-order valence-electron chi connectivity index (χ2n) is 24.6. The highest BCUT2D eigenvalue weighted by atomic mass is 16.7. The van der Waals surface area contributed by atoms with E-state index in [0.717, 1.165) is 44.9 Å². The molecule has 11 heteroatoms. The van der Waals surface area contributed by atoms with Gasteiger partial charge in [-0.05, 0) is 89.9 Å². The Bertz CT molecular complexity index is 1470. The number of carbonyl (C=O) groups excluding carboxylic acids is 1. The molecule has 1 amide bonds. The van der Waals surface area contributed by atoms with Gasteiger partial charge in [0.25, 0.3) is 0 Å². The minimum absolute atomic E-state index is 0.241. The third kappa shape index (κ3) is 46.3. The molecule has 0 spiro atoms. The first kappa shape index (κ1) is 78.1. The van der Waals surface area contributed by atoms with Gasteiger partial charge < -0.3 is 50.5 Å². The Labute approximate surface area is 504 Å². The normalized spacial score (nSPS) is 19.4. The number of nitrogens with one attached hydrogen (secondary N) is 1. The van der Waals surface area contributed by atoms with E-state index in [2.05, 4.69) is 67.8 Å². The van der Waals surface area contributed by atoms with Crippen LogP contribution < -0.4 is 5.32 Å². The lowest BCUT2D eigenvalue weighted by Gasteiger charge is -2.40. The second kappa shape index (κ2) is 59.4. The van der Waals surface area contributed by atoms with Crippen molar-refractivity contribution in [1.82, 2.24) is 5.32 Å². The molecule has 1 saturated heterocycles. The molecule has 1 heterocycles. The molecule has 0 saturated carbocycles. The molecule has 1 aliphatic heterocycles. The van der Waals surface area contributed by atoms with Crippen LogP contribution in [0, 0.1) is 0 Å². The molecule has 82 heavy (non-hydrogen) atoms. The number of carbonyl (C=O) groups is 1. The van der Waals surface area contributed by atoms with Crippen molar-refractivity contribution < 1.29 is 50.0 Å². The van der Waals surface area contributed by atoms with Gasteiger partial charge in [0.1, 0.15) is 36.6 Å². The third-order valence-corrected chi connectivity index (χ3v) is 16.8. The fourth-order valence-electron chi connectivity index (χ4n) is 11.2. The minimum Gasteiger partial charge on any atom is -0.394 e. The van der Waals surface area contributed by atoms with Crippen LogP contribution in [0.25, 0.3) is 0 Å². The molecule has 0 aliphatic carbocycles. The Morgan fingerprint density at radius 3 is 1.10 bits per heavy atom. The van der Waals surface area contributed by atoms with Crippen LogP contribution in [0.5, 0.6) is 0 Å². The monoisotopic (exact) mass is 1160 g/mol. The number of hydrogen-bond acceptors (Lipinski definition) is 10. The summed E-state index contributed by atoms with van der Waals surface area (Å²) in [6.07, 6.45) is 66.5. The number of rotatable bonds is 61. The van der Waals surface area contributed by atoms with Crippen LogP contribution in [0.15, 0.2) is 48.6 Å². The summed E-state index contributed by atoms with van der Waals surface area (Å²) in [5.74, 6) is -0.709. The summed E-state index contributed by atoms with van der Waals surface area (Å²) in [7, 11) is 0. The quantitative estimate of drug-likeness (QED) is 0.0215. The Kier molecular flexibility index (Phi) is 56.6. The van der Waals surface area contributed by atoms with E-state index in [0.29, 0.717) is 19.3 Å². The summed E-state index contributed by atoms with van der Waals surface area (Å²) >= 11 is 0. The van der Waals surface area contributed by atoms with Crippen LogP contribution in [-0.2, 0) is 14.3 Å². The van der Waals surface area contributed by atoms with E-state index in [1.54, 1.807) is 0 Å². The van der Waals surface area contributed by atoms with Crippen LogP contribution in [-0.4, -0.2) is 110 Å². The van der Waals surface area contributed by atoms with E-state index < -0.39 is 74.2 Å². The first-order valence-corrected chi connectivity index (χ1v) is 35.0. The van der Waals surface area contributed by atoms with Crippen LogP contribution >= 0.6 is 0 Å². The Morgan fingerprint density at radius 2 is 0.732 bits per heavy atom. The molecule has 0 aromatic heterocycles. The SMILES string of the molecule is CCCCCC/C=C/CC/C=C/CC/C=C/CCCC(O)C(O)C(COC1OC(CO)C(O)C(O)C1O)NC(=O)C(O)CCCCCCCCCCCCCCCCCC/C=C\CCCCCCCCCCCCCCCCCCCC. The summed E-state index contributed by atoms with van der Waals surface area (Å²) in [6.45, 7) is 3.45. The third-order valence-electron chi connectivity index (χ3n) is 16.8. The second-order valence-corrected chi connectivity index (χ2v) is 24.6. The van der Waals surface area contributed by atoms with Crippen molar-refractivity contribution in [1.29, 1.82) is 0 Å². The van der Waals surface area contributed by atoms with Gasteiger partial charge in [-0.2, -0.15) is 0 Å². The zero-order chi connectivity index (χ0) is 59.6. The van der Waals surface area contributed by atoms with E-state index in [-0.39, 0.29) is 12.8 Å². The maximum Gasteiger partial charge on any atom is 0.249 e. The lowest BCUT2D eigenvalue weighted by Crippen LogP contribution is -2.60. The first-order chi connectivity index (χ1) is 40.2. The summed E-state index contributed by atoms with van der Waals surface area (Å²) in [4.78, 5) is 13.2. The number of allylic oxidation sites excluding steroid dienone is 8. The molecule has 0 bridgehead atoms. The fourth-order valence-corrected chi connectivity index (χ4v) is 11.2. The molecule has 0 aromatic carbocycles. The van der Waals surface area contributed by atoms with Crippen molar-refractivity contribution in [3.05, 3.63) is 48.6 Å². The van der Waals surface area contributed by atoms with Crippen molar-refractivity contribution in [2.45, 2.75) is 384 Å². The maximum atomic E-state index is 13.2. The number of aliphatic hydroxyl groups excluding tert-OH is 7. The van der Waals surface area contributed by atoms with Crippen molar-refractivity contribution in [2.75, 3.05) is 13.2 Å². The fraction of sp³-hybridized carbons (Fsp3) is 0.873. The van der Waals surface area contributed by atoms with Crippen LogP contribution in [0.3, 0.4) is 0 Å². The lowest BCUT2D eigenvalue weighted by molar-refractivity contribution is -0.303. The molecular formula is C71H133NO10. The van der Waals surface area contributed by atoms with Gasteiger partial charge >= 0.3 is 0 Å². The smallest absolute Gasteiger partial charge is 0.249 e. The first-order valence-electron chi connectivity index (χ1n) is 35.0. The predicted octanol–water partition coefficient (Wildman–Crippen LogP) is 16.7. The zero-order valence-electron chi connectivity index (χ0n) is 53.2. The van der Waals surface area contributed by atoms with Crippen LogP contribution in [0.2, 0.25) is 0 Å². The van der Waals surface area contributed by atoms with E-state index in [9.17, 15) is 40.5 Å². The lowest BCUT2D eigenvalue weighted by atomic mass is 9.98. The molecule has 9 atom stereocenters. The molecule has 11 nitrogen and oxygen atoms in total. The van der Waals surface area contributed by atoms with E-state index >= 15 is 0 Å². The average Bonchev–Trinajstić information content (AvgIpc) is 3.53. The molecule has 1 rings (SSSR count). The van der Waals surface area contributed by atoms with Gasteiger partial charge in [0.05, 0.1) is 25.4 Å². The molecule has 1 fully saturated rings. The molecule has 0 radical (unpaired) electrons. The number of amides is 1.